The molecule has 2 heterocycles. The summed E-state index contributed by atoms with van der Waals surface area (Å²) < 4.78 is 39.9. The molecular weight excluding hydrogens is 370 g/mol. The molecule has 1 aromatic heterocycles. The maximum absolute atomic E-state index is 13.9. The van der Waals surface area contributed by atoms with Crippen molar-refractivity contribution >= 4 is 17.0 Å². The molecule has 146 valence electrons. The summed E-state index contributed by atoms with van der Waals surface area (Å²) in [4.78, 5) is 26.3. The molecule has 0 atom stereocenters. The van der Waals surface area contributed by atoms with E-state index in [2.05, 4.69) is 0 Å². The fraction of sp³-hybridized carbons (Fsp3) is 0.300. The van der Waals surface area contributed by atoms with Gasteiger partial charge in [0.05, 0.1) is 12.6 Å². The van der Waals surface area contributed by atoms with E-state index < -0.39 is 28.9 Å². The number of benzene rings is 2. The van der Waals surface area contributed by atoms with Crippen LogP contribution in [0.1, 0.15) is 29.2 Å². The number of rotatable bonds is 3. The van der Waals surface area contributed by atoms with Gasteiger partial charge >= 0.3 is 5.76 Å². The Morgan fingerprint density at radius 3 is 2.46 bits per heavy atom. The number of methoxy groups -OCH3 is 1. The van der Waals surface area contributed by atoms with Crippen LogP contribution in [0, 0.1) is 11.6 Å². The number of piperidine rings is 1. The van der Waals surface area contributed by atoms with Crippen LogP contribution in [0.2, 0.25) is 0 Å². The Morgan fingerprint density at radius 1 is 1.14 bits per heavy atom. The first-order valence-corrected chi connectivity index (χ1v) is 8.92. The number of ether oxygens (including phenoxy) is 1. The second-order valence-corrected chi connectivity index (χ2v) is 6.69. The monoisotopic (exact) mass is 388 g/mol. The third-order valence-corrected chi connectivity index (χ3v) is 5.11. The van der Waals surface area contributed by atoms with E-state index in [4.69, 9.17) is 9.15 Å². The quantitative estimate of drug-likeness (QED) is 0.690. The number of hydrogen-bond acceptors (Lipinski definition) is 4. The number of nitrogens with zero attached hydrogens (tertiary/aromatic N) is 2. The second kappa shape index (κ2) is 7.10. The van der Waals surface area contributed by atoms with Crippen LogP contribution in [-0.4, -0.2) is 35.6 Å². The zero-order valence-electron chi connectivity index (χ0n) is 15.2. The lowest BCUT2D eigenvalue weighted by atomic mass is 10.0. The van der Waals surface area contributed by atoms with E-state index in [1.54, 1.807) is 22.8 Å². The van der Waals surface area contributed by atoms with Gasteiger partial charge in [-0.25, -0.2) is 13.6 Å². The Hall–Kier alpha value is -3.16. The molecule has 0 saturated carbocycles. The molecule has 4 rings (SSSR count). The van der Waals surface area contributed by atoms with Gasteiger partial charge in [0.1, 0.15) is 22.9 Å². The van der Waals surface area contributed by atoms with Crippen molar-refractivity contribution < 1.29 is 22.7 Å². The van der Waals surface area contributed by atoms with Crippen molar-refractivity contribution in [2.45, 2.75) is 18.9 Å². The normalized spacial score (nSPS) is 15.2. The number of hydrogen-bond donors (Lipinski definition) is 0. The highest BCUT2D eigenvalue weighted by Gasteiger charge is 2.29. The van der Waals surface area contributed by atoms with Gasteiger partial charge in [-0.3, -0.25) is 9.36 Å². The third-order valence-electron chi connectivity index (χ3n) is 5.11. The van der Waals surface area contributed by atoms with E-state index in [0.717, 1.165) is 12.1 Å². The lowest BCUT2D eigenvalue weighted by molar-refractivity contribution is 0.0684. The van der Waals surface area contributed by atoms with E-state index >= 15 is 0 Å². The molecule has 0 aliphatic carbocycles. The first kappa shape index (κ1) is 18.2. The molecule has 1 aliphatic rings. The second-order valence-electron chi connectivity index (χ2n) is 6.69. The zero-order chi connectivity index (χ0) is 19.8. The average molecular weight is 388 g/mol. The summed E-state index contributed by atoms with van der Waals surface area (Å²) in [6, 6.07) is 8.27. The summed E-state index contributed by atoms with van der Waals surface area (Å²) in [5.74, 6) is -2.31. The van der Waals surface area contributed by atoms with Crippen molar-refractivity contribution in [2.24, 2.45) is 0 Å². The van der Waals surface area contributed by atoms with Crippen LogP contribution < -0.4 is 10.5 Å². The predicted octanol–water partition coefficient (Wildman–Crippen LogP) is 3.36. The van der Waals surface area contributed by atoms with Crippen molar-refractivity contribution in [3.8, 4) is 5.75 Å². The summed E-state index contributed by atoms with van der Waals surface area (Å²) in [7, 11) is 1.54. The van der Waals surface area contributed by atoms with Gasteiger partial charge in [-0.2, -0.15) is 0 Å². The van der Waals surface area contributed by atoms with Gasteiger partial charge in [0.25, 0.3) is 5.91 Å². The highest BCUT2D eigenvalue weighted by molar-refractivity contribution is 5.94. The molecule has 2 aromatic carbocycles. The topological polar surface area (TPSA) is 64.7 Å². The van der Waals surface area contributed by atoms with Gasteiger partial charge in [-0.15, -0.1) is 0 Å². The standard InChI is InChI=1S/C20H18F2N2O4/c1-27-13-5-6-17-16(11-13)24(20(26)28-17)12-7-9-23(10-8-12)19(25)18-14(21)3-2-4-15(18)22/h2-6,11-12H,7-10H2,1H3. The molecule has 0 unspecified atom stereocenters. The predicted molar refractivity (Wildman–Crippen MR) is 97.6 cm³/mol. The number of carbonyl (C=O) groups excluding carboxylic acids is 1. The highest BCUT2D eigenvalue weighted by atomic mass is 19.1. The molecule has 0 N–H and O–H groups in total. The van der Waals surface area contributed by atoms with Crippen LogP contribution in [0.4, 0.5) is 8.78 Å². The summed E-state index contributed by atoms with van der Waals surface area (Å²) in [6.45, 7) is 0.556. The van der Waals surface area contributed by atoms with Gasteiger partial charge < -0.3 is 14.1 Å². The lowest BCUT2D eigenvalue weighted by Crippen LogP contribution is -2.41. The van der Waals surface area contributed by atoms with Crippen LogP contribution in [0.3, 0.4) is 0 Å². The van der Waals surface area contributed by atoms with Crippen LogP contribution in [-0.2, 0) is 0 Å². The van der Waals surface area contributed by atoms with Crippen molar-refractivity contribution in [1.29, 1.82) is 0 Å². The smallest absolute Gasteiger partial charge is 0.420 e. The summed E-state index contributed by atoms with van der Waals surface area (Å²) in [5, 5.41) is 0. The molecule has 0 radical (unpaired) electrons. The van der Waals surface area contributed by atoms with Gasteiger partial charge in [0.2, 0.25) is 0 Å². The van der Waals surface area contributed by atoms with Gasteiger partial charge in [-0.05, 0) is 37.1 Å². The van der Waals surface area contributed by atoms with Gasteiger partial charge in [-0.1, -0.05) is 6.07 Å². The minimum absolute atomic E-state index is 0.185. The number of amides is 1. The minimum Gasteiger partial charge on any atom is -0.497 e. The molecule has 0 spiro atoms. The molecule has 1 saturated heterocycles. The Morgan fingerprint density at radius 2 is 1.82 bits per heavy atom. The number of halogens is 2. The van der Waals surface area contributed by atoms with Crippen molar-refractivity contribution in [3.05, 3.63) is 64.1 Å². The van der Waals surface area contributed by atoms with Crippen LogP contribution >= 0.6 is 0 Å². The molecule has 6 nitrogen and oxygen atoms in total. The lowest BCUT2D eigenvalue weighted by Gasteiger charge is -2.32. The summed E-state index contributed by atoms with van der Waals surface area (Å²) in [5.41, 5.74) is 0.531. The van der Waals surface area contributed by atoms with Gasteiger partial charge in [0, 0.05) is 25.2 Å². The largest absolute Gasteiger partial charge is 0.497 e. The Kier molecular flexibility index (Phi) is 4.62. The van der Waals surface area contributed by atoms with Crippen LogP contribution in [0.15, 0.2) is 45.6 Å². The zero-order valence-corrected chi connectivity index (χ0v) is 15.2. The molecule has 8 heteroatoms. The molecule has 1 aliphatic heterocycles. The minimum atomic E-state index is -0.878. The Balaban J connectivity index is 1.56. The van der Waals surface area contributed by atoms with E-state index in [1.807, 2.05) is 0 Å². The number of oxazole rings is 1. The molecular formula is C20H18F2N2O4. The van der Waals surface area contributed by atoms with Crippen molar-refractivity contribution in [2.75, 3.05) is 20.2 Å². The number of aromatic nitrogens is 1. The van der Waals surface area contributed by atoms with E-state index in [-0.39, 0.29) is 19.1 Å². The molecule has 28 heavy (non-hydrogen) atoms. The van der Waals surface area contributed by atoms with Crippen molar-refractivity contribution in [1.82, 2.24) is 9.47 Å². The fourth-order valence-corrected chi connectivity index (χ4v) is 3.67. The average Bonchev–Trinajstić information content (AvgIpc) is 3.02. The number of carbonyl (C=O) groups is 1. The molecule has 0 bridgehead atoms. The molecule has 3 aromatic rings. The summed E-state index contributed by atoms with van der Waals surface area (Å²) in [6.07, 6.45) is 0.932. The SMILES string of the molecule is COc1ccc2oc(=O)n(C3CCN(C(=O)c4c(F)cccc4F)CC3)c2c1. The molecule has 1 fully saturated rings. The van der Waals surface area contributed by atoms with Crippen LogP contribution in [0.5, 0.6) is 5.75 Å². The van der Waals surface area contributed by atoms with Crippen LogP contribution in [0.25, 0.3) is 11.1 Å². The maximum Gasteiger partial charge on any atom is 0.420 e. The molecule has 1 amide bonds. The summed E-state index contributed by atoms with van der Waals surface area (Å²) >= 11 is 0. The highest BCUT2D eigenvalue weighted by Crippen LogP contribution is 2.29. The first-order chi connectivity index (χ1) is 13.5. The van der Waals surface area contributed by atoms with E-state index in [9.17, 15) is 18.4 Å². The number of likely N-dealkylation sites (tertiary alicyclic amines) is 1. The van der Waals surface area contributed by atoms with Gasteiger partial charge in [0.15, 0.2) is 5.58 Å². The fourth-order valence-electron chi connectivity index (χ4n) is 3.67. The Labute approximate surface area is 158 Å². The van der Waals surface area contributed by atoms with E-state index in [1.165, 1.54) is 18.1 Å². The van der Waals surface area contributed by atoms with E-state index in [0.29, 0.717) is 29.7 Å². The third kappa shape index (κ3) is 3.04. The first-order valence-electron chi connectivity index (χ1n) is 8.92. The Bertz CT molecular complexity index is 1080. The maximum atomic E-state index is 13.9. The number of fused-ring (bicyclic) bond motifs is 1. The van der Waals surface area contributed by atoms with Crippen molar-refractivity contribution in [3.63, 3.8) is 0 Å².